The van der Waals surface area contributed by atoms with E-state index in [1.807, 2.05) is 36.4 Å². The molecule has 1 aliphatic heterocycles. The summed E-state index contributed by atoms with van der Waals surface area (Å²) in [4.78, 5) is 21.8. The number of para-hydroxylation sites is 1. The molecule has 30 heavy (non-hydrogen) atoms. The zero-order valence-corrected chi connectivity index (χ0v) is 17.0. The Morgan fingerprint density at radius 2 is 2.10 bits per heavy atom. The molecule has 4 rings (SSSR count). The number of fused-ring (bicyclic) bond motifs is 1. The largest absolute Gasteiger partial charge is 0.508 e. The van der Waals surface area contributed by atoms with E-state index in [-0.39, 0.29) is 18.3 Å². The van der Waals surface area contributed by atoms with Gasteiger partial charge in [0.15, 0.2) is 0 Å². The third kappa shape index (κ3) is 4.57. The number of aromatic nitrogens is 2. The number of phenolic OH excluding ortho intramolecular Hbond substituents is 1. The molecule has 1 saturated heterocycles. The van der Waals surface area contributed by atoms with Gasteiger partial charge in [0.2, 0.25) is 0 Å². The summed E-state index contributed by atoms with van der Waals surface area (Å²) in [5, 5.41) is 19.5. The van der Waals surface area contributed by atoms with Crippen LogP contribution < -0.4 is 4.74 Å². The molecule has 1 fully saturated rings. The number of piperidine rings is 1. The zero-order chi connectivity index (χ0) is 21.1. The smallest absolute Gasteiger partial charge is 0.303 e. The summed E-state index contributed by atoms with van der Waals surface area (Å²) in [6.45, 7) is 2.24. The van der Waals surface area contributed by atoms with Crippen molar-refractivity contribution in [2.24, 2.45) is 11.8 Å². The summed E-state index contributed by atoms with van der Waals surface area (Å²) in [5.74, 6) is 1.45. The van der Waals surface area contributed by atoms with Gasteiger partial charge in [0, 0.05) is 37.6 Å². The van der Waals surface area contributed by atoms with E-state index in [1.165, 1.54) is 0 Å². The fourth-order valence-corrected chi connectivity index (χ4v) is 4.42. The lowest BCUT2D eigenvalue weighted by Crippen LogP contribution is -2.41. The monoisotopic (exact) mass is 409 g/mol. The Kier molecular flexibility index (Phi) is 5.90. The number of nitrogens with one attached hydrogen (secondary N) is 1. The number of ether oxygens (including phenoxy) is 1. The van der Waals surface area contributed by atoms with E-state index in [0.717, 1.165) is 47.7 Å². The number of nitrogens with zero attached hydrogens (tertiary/aromatic N) is 2. The lowest BCUT2D eigenvalue weighted by atomic mass is 9.81. The minimum atomic E-state index is -0.756. The summed E-state index contributed by atoms with van der Waals surface area (Å²) in [6.07, 6.45) is 1.67. The van der Waals surface area contributed by atoms with Gasteiger partial charge in [-0.3, -0.25) is 9.69 Å². The van der Waals surface area contributed by atoms with Gasteiger partial charge in [0.25, 0.3) is 0 Å². The van der Waals surface area contributed by atoms with Crippen LogP contribution in [0, 0.1) is 11.8 Å². The SMILES string of the molecule is COc1ccc2nc(C[C@H]3CN(Cc4ccccc4O)CC[C@H]3CC(=O)O)[nH]c2c1. The second-order valence-corrected chi connectivity index (χ2v) is 8.04. The van der Waals surface area contributed by atoms with E-state index in [9.17, 15) is 15.0 Å². The van der Waals surface area contributed by atoms with Crippen molar-refractivity contribution in [3.63, 3.8) is 0 Å². The van der Waals surface area contributed by atoms with Crippen LogP contribution in [0.5, 0.6) is 11.5 Å². The topological polar surface area (TPSA) is 98.7 Å². The summed E-state index contributed by atoms with van der Waals surface area (Å²) in [7, 11) is 1.64. The molecule has 7 heteroatoms. The van der Waals surface area contributed by atoms with E-state index >= 15 is 0 Å². The molecule has 7 nitrogen and oxygen atoms in total. The van der Waals surface area contributed by atoms with Gasteiger partial charge < -0.3 is 19.9 Å². The maximum atomic E-state index is 11.4. The van der Waals surface area contributed by atoms with Crippen LogP contribution in [0.3, 0.4) is 0 Å². The van der Waals surface area contributed by atoms with E-state index in [4.69, 9.17) is 9.72 Å². The Hall–Kier alpha value is -3.06. The number of aliphatic carboxylic acids is 1. The molecule has 3 aromatic rings. The zero-order valence-electron chi connectivity index (χ0n) is 17.0. The number of hydrogen-bond acceptors (Lipinski definition) is 5. The Morgan fingerprint density at radius 1 is 1.27 bits per heavy atom. The predicted octanol–water partition coefficient (Wildman–Crippen LogP) is 3.43. The number of aromatic hydroxyl groups is 1. The normalized spacial score (nSPS) is 19.8. The molecule has 0 radical (unpaired) electrons. The molecule has 0 spiro atoms. The van der Waals surface area contributed by atoms with Crippen molar-refractivity contribution in [1.82, 2.24) is 14.9 Å². The fraction of sp³-hybridized carbons (Fsp3) is 0.391. The number of hydrogen-bond donors (Lipinski definition) is 3. The first-order chi connectivity index (χ1) is 14.5. The molecule has 2 atom stereocenters. The fourth-order valence-electron chi connectivity index (χ4n) is 4.42. The van der Waals surface area contributed by atoms with Crippen LogP contribution in [0.1, 0.15) is 24.2 Å². The Labute approximate surface area is 175 Å². The third-order valence-corrected chi connectivity index (χ3v) is 5.99. The van der Waals surface area contributed by atoms with Gasteiger partial charge in [-0.1, -0.05) is 18.2 Å². The van der Waals surface area contributed by atoms with Gasteiger partial charge in [0.05, 0.1) is 18.1 Å². The molecule has 0 amide bonds. The Morgan fingerprint density at radius 3 is 2.87 bits per heavy atom. The summed E-state index contributed by atoms with van der Waals surface area (Å²) in [5.41, 5.74) is 2.69. The van der Waals surface area contributed by atoms with E-state index in [0.29, 0.717) is 18.7 Å². The highest BCUT2D eigenvalue weighted by atomic mass is 16.5. The highest BCUT2D eigenvalue weighted by Crippen LogP contribution is 2.31. The third-order valence-electron chi connectivity index (χ3n) is 5.99. The molecule has 0 unspecified atom stereocenters. The Bertz CT molecular complexity index is 1030. The first kappa shape index (κ1) is 20.2. The van der Waals surface area contributed by atoms with Gasteiger partial charge in [0.1, 0.15) is 17.3 Å². The van der Waals surface area contributed by atoms with Gasteiger partial charge >= 0.3 is 5.97 Å². The van der Waals surface area contributed by atoms with Crippen LogP contribution in [0.25, 0.3) is 11.0 Å². The molecule has 1 aromatic heterocycles. The number of H-pyrrole nitrogens is 1. The van der Waals surface area contributed by atoms with Crippen molar-refractivity contribution in [2.45, 2.75) is 25.8 Å². The van der Waals surface area contributed by atoms with Crippen molar-refractivity contribution in [1.29, 1.82) is 0 Å². The van der Waals surface area contributed by atoms with E-state index in [2.05, 4.69) is 9.88 Å². The van der Waals surface area contributed by atoms with Crippen LogP contribution >= 0.6 is 0 Å². The van der Waals surface area contributed by atoms with Gasteiger partial charge in [-0.25, -0.2) is 4.98 Å². The maximum absolute atomic E-state index is 11.4. The quantitative estimate of drug-likeness (QED) is 0.553. The number of imidazole rings is 1. The van der Waals surface area contributed by atoms with E-state index < -0.39 is 5.97 Å². The van der Waals surface area contributed by atoms with Crippen LogP contribution in [0.4, 0.5) is 0 Å². The van der Waals surface area contributed by atoms with Gasteiger partial charge in [-0.05, 0) is 43.0 Å². The number of benzene rings is 2. The molecule has 2 aromatic carbocycles. The van der Waals surface area contributed by atoms with Crippen molar-refractivity contribution >= 4 is 17.0 Å². The molecule has 0 bridgehead atoms. The van der Waals surface area contributed by atoms with Crippen LogP contribution in [-0.4, -0.2) is 51.2 Å². The Balaban J connectivity index is 1.52. The second kappa shape index (κ2) is 8.75. The average molecular weight is 409 g/mol. The molecule has 0 saturated carbocycles. The molecule has 3 N–H and O–H groups in total. The van der Waals surface area contributed by atoms with Crippen LogP contribution in [0.15, 0.2) is 42.5 Å². The second-order valence-electron chi connectivity index (χ2n) is 8.04. The van der Waals surface area contributed by atoms with Crippen molar-refractivity contribution in [3.05, 3.63) is 53.9 Å². The molecule has 1 aliphatic rings. The average Bonchev–Trinajstić information content (AvgIpc) is 3.12. The highest BCUT2D eigenvalue weighted by Gasteiger charge is 2.31. The number of aromatic amines is 1. The molecular weight excluding hydrogens is 382 g/mol. The maximum Gasteiger partial charge on any atom is 0.303 e. The van der Waals surface area contributed by atoms with Crippen molar-refractivity contribution in [2.75, 3.05) is 20.2 Å². The molecule has 158 valence electrons. The van der Waals surface area contributed by atoms with E-state index in [1.54, 1.807) is 13.2 Å². The lowest BCUT2D eigenvalue weighted by Gasteiger charge is -2.38. The number of carboxylic acids is 1. The summed E-state index contributed by atoms with van der Waals surface area (Å²) >= 11 is 0. The lowest BCUT2D eigenvalue weighted by molar-refractivity contribution is -0.139. The number of likely N-dealkylation sites (tertiary alicyclic amines) is 1. The predicted molar refractivity (Wildman–Crippen MR) is 114 cm³/mol. The van der Waals surface area contributed by atoms with Crippen LogP contribution in [-0.2, 0) is 17.8 Å². The number of carbonyl (C=O) groups is 1. The molecular formula is C23H27N3O4. The molecule has 2 heterocycles. The number of methoxy groups -OCH3 is 1. The van der Waals surface area contributed by atoms with Crippen molar-refractivity contribution in [3.8, 4) is 11.5 Å². The standard InChI is InChI=1S/C23H27N3O4/c1-30-18-6-7-19-20(12-18)25-22(24-19)10-17-14-26(9-8-15(17)11-23(28)29)13-16-4-2-3-5-21(16)27/h2-7,12,15,17,27H,8-11,13-14H2,1H3,(H,24,25)(H,28,29)/t15-,17-/m0/s1. The first-order valence-corrected chi connectivity index (χ1v) is 10.3. The number of rotatable bonds is 7. The van der Waals surface area contributed by atoms with Crippen LogP contribution in [0.2, 0.25) is 0 Å². The van der Waals surface area contributed by atoms with Gasteiger partial charge in [-0.2, -0.15) is 0 Å². The van der Waals surface area contributed by atoms with Crippen molar-refractivity contribution < 1.29 is 19.7 Å². The van der Waals surface area contributed by atoms with Gasteiger partial charge in [-0.15, -0.1) is 0 Å². The number of carboxylic acid groups (broad SMARTS) is 1. The minimum Gasteiger partial charge on any atom is -0.508 e. The highest BCUT2D eigenvalue weighted by molar-refractivity contribution is 5.76. The first-order valence-electron chi connectivity index (χ1n) is 10.3. The molecule has 0 aliphatic carbocycles. The summed E-state index contributed by atoms with van der Waals surface area (Å²) in [6, 6.07) is 13.1. The number of phenols is 1. The summed E-state index contributed by atoms with van der Waals surface area (Å²) < 4.78 is 5.28. The minimum absolute atomic E-state index is 0.103.